The SMILES string of the molecule is CCc1c(Cl)cc(N=Nc2c(O)c(C(=O)Nc3ccc(Cl)cc3OC)cc3ccccc23)cc1S(=O)(=O)O. The van der Waals surface area contributed by atoms with Gasteiger partial charge in [0, 0.05) is 21.5 Å². The van der Waals surface area contributed by atoms with Crippen molar-refractivity contribution in [1.82, 2.24) is 0 Å². The van der Waals surface area contributed by atoms with Gasteiger partial charge in [-0.3, -0.25) is 9.35 Å². The molecule has 0 atom stereocenters. The summed E-state index contributed by atoms with van der Waals surface area (Å²) in [5.41, 5.74) is 0.468. The lowest BCUT2D eigenvalue weighted by Gasteiger charge is -2.13. The van der Waals surface area contributed by atoms with Crippen LogP contribution in [0.2, 0.25) is 10.0 Å². The molecule has 4 aromatic carbocycles. The molecule has 0 heterocycles. The Morgan fingerprint density at radius 2 is 1.79 bits per heavy atom. The molecule has 0 aliphatic carbocycles. The number of nitrogens with zero attached hydrogens (tertiary/aromatic N) is 2. The fourth-order valence-corrected chi connectivity index (χ4v) is 5.29. The summed E-state index contributed by atoms with van der Waals surface area (Å²) < 4.78 is 38.7. The van der Waals surface area contributed by atoms with Crippen LogP contribution in [0.3, 0.4) is 0 Å². The first-order chi connectivity index (χ1) is 18.0. The molecule has 0 saturated heterocycles. The Hall–Kier alpha value is -3.70. The van der Waals surface area contributed by atoms with E-state index in [9.17, 15) is 22.9 Å². The highest BCUT2D eigenvalue weighted by Crippen LogP contribution is 2.41. The van der Waals surface area contributed by atoms with Gasteiger partial charge in [0.15, 0.2) is 5.75 Å². The van der Waals surface area contributed by atoms with Gasteiger partial charge in [-0.1, -0.05) is 54.4 Å². The quantitative estimate of drug-likeness (QED) is 0.156. The maximum Gasteiger partial charge on any atom is 0.294 e. The highest BCUT2D eigenvalue weighted by atomic mass is 35.5. The van der Waals surface area contributed by atoms with Crippen molar-refractivity contribution < 1.29 is 27.6 Å². The number of rotatable bonds is 7. The first kappa shape index (κ1) is 27.3. The molecule has 38 heavy (non-hydrogen) atoms. The van der Waals surface area contributed by atoms with Crippen LogP contribution in [-0.4, -0.2) is 31.1 Å². The summed E-state index contributed by atoms with van der Waals surface area (Å²) in [5.74, 6) is -0.772. The van der Waals surface area contributed by atoms with Gasteiger partial charge in [-0.25, -0.2) is 0 Å². The van der Waals surface area contributed by atoms with Gasteiger partial charge in [0.2, 0.25) is 0 Å². The van der Waals surface area contributed by atoms with Crippen LogP contribution in [0.5, 0.6) is 11.5 Å². The summed E-state index contributed by atoms with van der Waals surface area (Å²) in [7, 11) is -3.15. The van der Waals surface area contributed by atoms with Gasteiger partial charge in [-0.15, -0.1) is 5.11 Å². The van der Waals surface area contributed by atoms with Crippen molar-refractivity contribution in [2.75, 3.05) is 12.4 Å². The number of ether oxygens (including phenoxy) is 1. The molecule has 9 nitrogen and oxygen atoms in total. The second-order valence-corrected chi connectivity index (χ2v) is 10.3. The summed E-state index contributed by atoms with van der Waals surface area (Å²) in [4.78, 5) is 12.8. The maximum absolute atomic E-state index is 13.2. The minimum absolute atomic E-state index is 0.0176. The average Bonchev–Trinajstić information content (AvgIpc) is 2.87. The molecule has 1 amide bonds. The molecule has 196 valence electrons. The molecule has 0 bridgehead atoms. The Bertz CT molecular complexity index is 1710. The van der Waals surface area contributed by atoms with E-state index in [-0.39, 0.29) is 38.8 Å². The van der Waals surface area contributed by atoms with Crippen LogP contribution in [0.15, 0.2) is 75.8 Å². The molecule has 0 unspecified atom stereocenters. The van der Waals surface area contributed by atoms with Crippen molar-refractivity contribution in [2.24, 2.45) is 10.2 Å². The third kappa shape index (κ3) is 5.58. The fourth-order valence-electron chi connectivity index (χ4n) is 3.89. The number of hydrogen-bond acceptors (Lipinski definition) is 7. The Kier molecular flexibility index (Phi) is 7.89. The molecule has 4 aromatic rings. The van der Waals surface area contributed by atoms with Gasteiger partial charge in [0.05, 0.1) is 24.0 Å². The summed E-state index contributed by atoms with van der Waals surface area (Å²) in [6.45, 7) is 1.69. The molecule has 4 rings (SSSR count). The maximum atomic E-state index is 13.2. The molecule has 0 aliphatic heterocycles. The van der Waals surface area contributed by atoms with E-state index >= 15 is 0 Å². The highest BCUT2D eigenvalue weighted by Gasteiger charge is 2.21. The Balaban J connectivity index is 1.81. The molecule has 3 N–H and O–H groups in total. The zero-order valence-corrected chi connectivity index (χ0v) is 22.4. The predicted octanol–water partition coefficient (Wildman–Crippen LogP) is 7.34. The third-order valence-electron chi connectivity index (χ3n) is 5.69. The number of hydrogen-bond donors (Lipinski definition) is 3. The highest BCUT2D eigenvalue weighted by molar-refractivity contribution is 7.85. The molecule has 0 aliphatic rings. The molecule has 0 fully saturated rings. The first-order valence-electron chi connectivity index (χ1n) is 11.1. The number of aromatic hydroxyl groups is 1. The Morgan fingerprint density at radius 1 is 1.05 bits per heavy atom. The minimum Gasteiger partial charge on any atom is -0.505 e. The number of carbonyl (C=O) groups is 1. The van der Waals surface area contributed by atoms with Crippen molar-refractivity contribution in [1.29, 1.82) is 0 Å². The number of carbonyl (C=O) groups excluding carboxylic acids is 1. The van der Waals surface area contributed by atoms with Gasteiger partial charge < -0.3 is 15.2 Å². The second kappa shape index (κ2) is 11.0. The number of phenolic OH excluding ortho intramolecular Hbond substituents is 1. The van der Waals surface area contributed by atoms with E-state index in [1.165, 1.54) is 25.3 Å². The molecule has 0 radical (unpaired) electrons. The average molecular weight is 574 g/mol. The van der Waals surface area contributed by atoms with E-state index in [2.05, 4.69) is 15.5 Å². The van der Waals surface area contributed by atoms with Crippen molar-refractivity contribution in [3.05, 3.63) is 81.8 Å². The lowest BCUT2D eigenvalue weighted by atomic mass is 10.0. The minimum atomic E-state index is -4.58. The smallest absolute Gasteiger partial charge is 0.294 e. The molecule has 0 saturated carbocycles. The molecular formula is C26H21Cl2N3O6S. The van der Waals surface area contributed by atoms with Crippen molar-refractivity contribution in [3.8, 4) is 11.5 Å². The number of nitrogens with one attached hydrogen (secondary N) is 1. The molecule has 0 spiro atoms. The number of amides is 1. The standard InChI is InChI=1S/C26H21Cl2N3O6S/c1-3-17-20(28)12-16(13-23(17)38(34,35)36)30-31-24-18-7-5-4-6-14(18)10-19(25(24)32)26(33)29-21-9-8-15(27)11-22(21)37-2/h4-13,32H,3H2,1-2H3,(H,29,33)(H,34,35,36). The third-order valence-corrected chi connectivity index (χ3v) is 7.18. The number of halogens is 2. The topological polar surface area (TPSA) is 138 Å². The zero-order chi connectivity index (χ0) is 27.6. The number of anilines is 1. The van der Waals surface area contributed by atoms with Crippen LogP contribution >= 0.6 is 23.2 Å². The lowest BCUT2D eigenvalue weighted by molar-refractivity contribution is 0.102. The van der Waals surface area contributed by atoms with Crippen molar-refractivity contribution in [2.45, 2.75) is 18.2 Å². The van der Waals surface area contributed by atoms with Crippen LogP contribution in [0.4, 0.5) is 17.1 Å². The zero-order valence-electron chi connectivity index (χ0n) is 20.1. The summed E-state index contributed by atoms with van der Waals surface area (Å²) in [5, 5.41) is 23.5. The van der Waals surface area contributed by atoms with Crippen LogP contribution in [-0.2, 0) is 16.5 Å². The van der Waals surface area contributed by atoms with Crippen LogP contribution in [0.25, 0.3) is 10.8 Å². The van der Waals surface area contributed by atoms with E-state index in [0.29, 0.717) is 27.2 Å². The van der Waals surface area contributed by atoms with E-state index in [1.807, 2.05) is 0 Å². The first-order valence-corrected chi connectivity index (χ1v) is 13.3. The van der Waals surface area contributed by atoms with Gasteiger partial charge in [0.25, 0.3) is 16.0 Å². The van der Waals surface area contributed by atoms with Gasteiger partial charge in [-0.2, -0.15) is 13.5 Å². The number of azo groups is 1. The Labute approximate surface area is 228 Å². The van der Waals surface area contributed by atoms with Crippen molar-refractivity contribution in [3.63, 3.8) is 0 Å². The van der Waals surface area contributed by atoms with Gasteiger partial charge >= 0.3 is 0 Å². The molecule has 0 aromatic heterocycles. The normalized spacial score (nSPS) is 11.7. The molecule has 12 heteroatoms. The summed E-state index contributed by atoms with van der Waals surface area (Å²) in [6.07, 6.45) is 0.256. The molecular weight excluding hydrogens is 553 g/mol. The van der Waals surface area contributed by atoms with Crippen LogP contribution in [0, 0.1) is 0 Å². The van der Waals surface area contributed by atoms with Crippen LogP contribution < -0.4 is 10.1 Å². The van der Waals surface area contributed by atoms with E-state index < -0.39 is 21.8 Å². The van der Waals surface area contributed by atoms with Crippen molar-refractivity contribution >= 4 is 67.1 Å². The summed E-state index contributed by atoms with van der Waals surface area (Å²) >= 11 is 12.2. The van der Waals surface area contributed by atoms with E-state index in [1.54, 1.807) is 43.3 Å². The fraction of sp³-hybridized carbons (Fsp3) is 0.115. The second-order valence-electron chi connectivity index (χ2n) is 8.07. The number of fused-ring (bicyclic) bond motifs is 1. The number of methoxy groups -OCH3 is 1. The van der Waals surface area contributed by atoms with Gasteiger partial charge in [0.1, 0.15) is 16.3 Å². The lowest BCUT2D eigenvalue weighted by Crippen LogP contribution is -2.13. The number of benzene rings is 4. The largest absolute Gasteiger partial charge is 0.505 e. The summed E-state index contributed by atoms with van der Waals surface area (Å²) in [6, 6.07) is 15.6. The van der Waals surface area contributed by atoms with E-state index in [0.717, 1.165) is 6.07 Å². The predicted molar refractivity (Wildman–Crippen MR) is 146 cm³/mol. The van der Waals surface area contributed by atoms with Gasteiger partial charge in [-0.05, 0) is 47.7 Å². The number of phenols is 1. The monoisotopic (exact) mass is 573 g/mol. The van der Waals surface area contributed by atoms with Crippen LogP contribution in [0.1, 0.15) is 22.8 Å². The Morgan fingerprint density at radius 3 is 2.47 bits per heavy atom. The van der Waals surface area contributed by atoms with E-state index in [4.69, 9.17) is 27.9 Å².